The molecule has 0 aromatic rings. The molecule has 14 heteroatoms. The van der Waals surface area contributed by atoms with Crippen LogP contribution in [0.5, 0.6) is 0 Å². The molecule has 9 N–H and O–H groups in total. The van der Waals surface area contributed by atoms with Crippen molar-refractivity contribution in [3.05, 3.63) is 0 Å². The van der Waals surface area contributed by atoms with Crippen LogP contribution >= 0.6 is 0 Å². The van der Waals surface area contributed by atoms with Crippen molar-refractivity contribution in [1.82, 2.24) is 0 Å². The molecule has 3 heterocycles. The maximum absolute atomic E-state index is 10.7. The highest BCUT2D eigenvalue weighted by atomic mass is 16.7. The van der Waals surface area contributed by atoms with Crippen LogP contribution in [-0.4, -0.2) is 145 Å². The minimum Gasteiger partial charge on any atom is -0.394 e. The van der Waals surface area contributed by atoms with Gasteiger partial charge in [-0.15, -0.1) is 0 Å². The monoisotopic (exact) mass is 472 g/mol. The van der Waals surface area contributed by atoms with E-state index in [1.165, 1.54) is 13.8 Å². The molecule has 0 aliphatic carbocycles. The number of ether oxygens (including phenoxy) is 5. The lowest BCUT2D eigenvalue weighted by molar-refractivity contribution is -0.378. The molecule has 0 radical (unpaired) electrons. The molecule has 0 aromatic heterocycles. The molecule has 3 rings (SSSR count). The lowest BCUT2D eigenvalue weighted by atomic mass is 9.96. The largest absolute Gasteiger partial charge is 0.394 e. The van der Waals surface area contributed by atoms with Crippen LogP contribution in [0.25, 0.3) is 0 Å². The minimum atomic E-state index is -1.79. The van der Waals surface area contributed by atoms with Crippen molar-refractivity contribution in [3.8, 4) is 0 Å². The van der Waals surface area contributed by atoms with Gasteiger partial charge in [0.05, 0.1) is 18.8 Å². The first-order valence-electron chi connectivity index (χ1n) is 10.3. The summed E-state index contributed by atoms with van der Waals surface area (Å²) in [5, 5.41) is 90.5. The summed E-state index contributed by atoms with van der Waals surface area (Å²) in [4.78, 5) is 0. The number of aliphatic hydroxyl groups is 9. The van der Waals surface area contributed by atoms with E-state index in [2.05, 4.69) is 0 Å². The Kier molecular flexibility index (Phi) is 8.44. The van der Waals surface area contributed by atoms with Crippen molar-refractivity contribution in [1.29, 1.82) is 0 Å². The fourth-order valence-electron chi connectivity index (χ4n) is 3.92. The van der Waals surface area contributed by atoms with Crippen LogP contribution in [0.3, 0.4) is 0 Å². The van der Waals surface area contributed by atoms with E-state index in [1.807, 2.05) is 0 Å². The van der Waals surface area contributed by atoms with Gasteiger partial charge in [0.1, 0.15) is 61.0 Å². The van der Waals surface area contributed by atoms with Crippen molar-refractivity contribution in [2.24, 2.45) is 0 Å². The van der Waals surface area contributed by atoms with Crippen LogP contribution in [0, 0.1) is 0 Å². The molecule has 0 spiro atoms. The summed E-state index contributed by atoms with van der Waals surface area (Å²) < 4.78 is 26.7. The third-order valence-corrected chi connectivity index (χ3v) is 6.02. The summed E-state index contributed by atoms with van der Waals surface area (Å²) in [5.41, 5.74) is 0. The summed E-state index contributed by atoms with van der Waals surface area (Å²) in [6.45, 7) is 2.17. The highest BCUT2D eigenvalue weighted by Gasteiger charge is 2.52. The maximum Gasteiger partial charge on any atom is 0.187 e. The molecule has 0 bridgehead atoms. The Morgan fingerprint density at radius 2 is 1.09 bits per heavy atom. The second-order valence-electron chi connectivity index (χ2n) is 8.30. The Labute approximate surface area is 183 Å². The topological polar surface area (TPSA) is 228 Å². The minimum absolute atomic E-state index is 0.674. The standard InChI is InChI=1S/C18H32O14/c1-4-7(20)10(23)12(25)17(28-4)31-14-8(21)5(2)29-18(13(14)26)32-15-11(24)9(22)6(3-19)30-16(15)27/h4-27H,3H2,1-2H3/t4-,5-,6+,7-,8-,9-,10+,11-,12+,13+,14+,15+,16-,17-,18-/m0/s1. The molecule has 3 saturated heterocycles. The first kappa shape index (κ1) is 26.1. The molecule has 0 saturated carbocycles. The fraction of sp³-hybridized carbons (Fsp3) is 1.00. The molecule has 0 amide bonds. The number of hydrogen-bond acceptors (Lipinski definition) is 14. The Bertz CT molecular complexity index is 610. The molecule has 0 unspecified atom stereocenters. The smallest absolute Gasteiger partial charge is 0.187 e. The fourth-order valence-corrected chi connectivity index (χ4v) is 3.92. The molecular formula is C18H32O14. The van der Waals surface area contributed by atoms with Crippen LogP contribution < -0.4 is 0 Å². The summed E-state index contributed by atoms with van der Waals surface area (Å²) in [5.74, 6) is 0. The molecule has 14 nitrogen and oxygen atoms in total. The van der Waals surface area contributed by atoms with Gasteiger partial charge in [0, 0.05) is 0 Å². The Balaban J connectivity index is 1.72. The van der Waals surface area contributed by atoms with Gasteiger partial charge in [0.25, 0.3) is 0 Å². The Hall–Kier alpha value is -0.560. The van der Waals surface area contributed by atoms with E-state index in [0.29, 0.717) is 0 Å². The normalized spacial score (nSPS) is 55.0. The second-order valence-corrected chi connectivity index (χ2v) is 8.30. The predicted molar refractivity (Wildman–Crippen MR) is 98.4 cm³/mol. The van der Waals surface area contributed by atoms with Gasteiger partial charge in [-0.05, 0) is 13.8 Å². The molecule has 3 aliphatic heterocycles. The third-order valence-electron chi connectivity index (χ3n) is 6.02. The average molecular weight is 472 g/mol. The molecule has 188 valence electrons. The van der Waals surface area contributed by atoms with Crippen molar-refractivity contribution < 1.29 is 69.6 Å². The number of rotatable bonds is 5. The van der Waals surface area contributed by atoms with Gasteiger partial charge in [-0.3, -0.25) is 0 Å². The van der Waals surface area contributed by atoms with Gasteiger partial charge in [-0.25, -0.2) is 0 Å². The van der Waals surface area contributed by atoms with E-state index in [1.54, 1.807) is 0 Å². The number of hydrogen-bond donors (Lipinski definition) is 9. The SMILES string of the molecule is C[C@@H]1O[C@@H](O[C@@H]2[C@@H](O)[C@H](C)O[C@@H](O[C@@H]3[C@@H](O)[C@@H](O)[C@@H](CO)O[C@@H]3O)[C@@H]2O)[C@H](O)[C@H](O)[C@H]1O. The summed E-state index contributed by atoms with van der Waals surface area (Å²) in [7, 11) is 0. The zero-order chi connectivity index (χ0) is 23.9. The summed E-state index contributed by atoms with van der Waals surface area (Å²) >= 11 is 0. The highest BCUT2D eigenvalue weighted by Crippen LogP contribution is 2.31. The molecule has 0 aromatic carbocycles. The molecule has 3 aliphatic rings. The van der Waals surface area contributed by atoms with Gasteiger partial charge in [0.2, 0.25) is 0 Å². The quantitative estimate of drug-likeness (QED) is 0.182. The van der Waals surface area contributed by atoms with Gasteiger partial charge in [-0.2, -0.15) is 0 Å². The van der Waals surface area contributed by atoms with Crippen molar-refractivity contribution in [2.75, 3.05) is 6.61 Å². The van der Waals surface area contributed by atoms with E-state index < -0.39 is 98.7 Å². The predicted octanol–water partition coefficient (Wildman–Crippen LogP) is -5.52. The van der Waals surface area contributed by atoms with E-state index in [4.69, 9.17) is 28.8 Å². The number of aliphatic hydroxyl groups excluding tert-OH is 9. The Morgan fingerprint density at radius 3 is 1.69 bits per heavy atom. The van der Waals surface area contributed by atoms with Crippen LogP contribution in [-0.2, 0) is 23.7 Å². The zero-order valence-electron chi connectivity index (χ0n) is 17.4. The molecular weight excluding hydrogens is 440 g/mol. The van der Waals surface area contributed by atoms with Crippen LogP contribution in [0.15, 0.2) is 0 Å². The van der Waals surface area contributed by atoms with Gasteiger partial charge >= 0.3 is 0 Å². The van der Waals surface area contributed by atoms with Crippen molar-refractivity contribution >= 4 is 0 Å². The van der Waals surface area contributed by atoms with Gasteiger partial charge in [-0.1, -0.05) is 0 Å². The highest BCUT2D eigenvalue weighted by molar-refractivity contribution is 4.95. The lowest BCUT2D eigenvalue weighted by Crippen LogP contribution is -2.65. The maximum atomic E-state index is 10.7. The van der Waals surface area contributed by atoms with Gasteiger partial charge in [0.15, 0.2) is 18.9 Å². The third kappa shape index (κ3) is 4.94. The zero-order valence-corrected chi connectivity index (χ0v) is 17.4. The average Bonchev–Trinajstić information content (AvgIpc) is 2.76. The lowest BCUT2D eigenvalue weighted by Gasteiger charge is -2.47. The first-order valence-corrected chi connectivity index (χ1v) is 10.3. The van der Waals surface area contributed by atoms with Crippen molar-refractivity contribution in [3.63, 3.8) is 0 Å². The summed E-state index contributed by atoms with van der Waals surface area (Å²) in [6, 6.07) is 0. The molecule has 3 fully saturated rings. The van der Waals surface area contributed by atoms with Crippen molar-refractivity contribution in [2.45, 2.75) is 106 Å². The van der Waals surface area contributed by atoms with Crippen LogP contribution in [0.2, 0.25) is 0 Å². The van der Waals surface area contributed by atoms with Crippen LogP contribution in [0.4, 0.5) is 0 Å². The van der Waals surface area contributed by atoms with E-state index in [-0.39, 0.29) is 0 Å². The Morgan fingerprint density at radius 1 is 0.562 bits per heavy atom. The van der Waals surface area contributed by atoms with E-state index >= 15 is 0 Å². The first-order chi connectivity index (χ1) is 15.0. The second kappa shape index (κ2) is 10.4. The molecule has 15 atom stereocenters. The van der Waals surface area contributed by atoms with Gasteiger partial charge < -0.3 is 69.6 Å². The van der Waals surface area contributed by atoms with E-state index in [0.717, 1.165) is 0 Å². The van der Waals surface area contributed by atoms with E-state index in [9.17, 15) is 40.9 Å². The van der Waals surface area contributed by atoms with Crippen LogP contribution in [0.1, 0.15) is 13.8 Å². The summed E-state index contributed by atoms with van der Waals surface area (Å²) in [6.07, 6.45) is -22.4. The molecule has 32 heavy (non-hydrogen) atoms.